The summed E-state index contributed by atoms with van der Waals surface area (Å²) in [5.74, 6) is 7.72. The average Bonchev–Trinajstić information content (AvgIpc) is 2.89. The highest BCUT2D eigenvalue weighted by Crippen LogP contribution is 2.24. The van der Waals surface area contributed by atoms with Gasteiger partial charge in [-0.3, -0.25) is 10.2 Å². The van der Waals surface area contributed by atoms with Gasteiger partial charge in [0.15, 0.2) is 0 Å². The number of piperidine rings is 1. The second kappa shape index (κ2) is 11.1. The number of para-hydroxylation sites is 1. The molecular formula is C27H27N5O2. The van der Waals surface area contributed by atoms with Crippen LogP contribution in [0.3, 0.4) is 0 Å². The van der Waals surface area contributed by atoms with Crippen LogP contribution in [0.4, 0.5) is 5.82 Å². The number of rotatable bonds is 7. The van der Waals surface area contributed by atoms with Crippen LogP contribution in [-0.4, -0.2) is 46.1 Å². The van der Waals surface area contributed by atoms with Gasteiger partial charge in [0.1, 0.15) is 23.6 Å². The fourth-order valence-corrected chi connectivity index (χ4v) is 3.89. The van der Waals surface area contributed by atoms with Gasteiger partial charge in [-0.25, -0.2) is 9.97 Å². The third-order valence-corrected chi connectivity index (χ3v) is 5.80. The highest BCUT2D eigenvalue weighted by Gasteiger charge is 2.22. The van der Waals surface area contributed by atoms with Gasteiger partial charge in [-0.1, -0.05) is 24.1 Å². The number of nitrogens with one attached hydrogen (secondary N) is 2. The second-order valence-electron chi connectivity index (χ2n) is 8.09. The lowest BCUT2D eigenvalue weighted by Gasteiger charge is -2.31. The van der Waals surface area contributed by atoms with Crippen molar-refractivity contribution in [3.63, 3.8) is 0 Å². The molecule has 1 aromatic heterocycles. The molecule has 0 aliphatic carbocycles. The number of benzene rings is 2. The van der Waals surface area contributed by atoms with E-state index in [1.807, 2.05) is 59.5 Å². The van der Waals surface area contributed by atoms with Gasteiger partial charge in [0.05, 0.1) is 11.3 Å². The number of likely N-dealkylation sites (tertiary alicyclic amines) is 1. The number of amides is 1. The number of carbonyl (C=O) groups excluding carboxylic acids is 1. The minimum atomic E-state index is -0.0966. The van der Waals surface area contributed by atoms with Crippen LogP contribution in [0.25, 0.3) is 0 Å². The van der Waals surface area contributed by atoms with E-state index in [9.17, 15) is 4.79 Å². The highest BCUT2D eigenvalue weighted by molar-refractivity contribution is 6.13. The largest absolute Gasteiger partial charge is 0.457 e. The van der Waals surface area contributed by atoms with Crippen molar-refractivity contribution in [2.45, 2.75) is 19.8 Å². The van der Waals surface area contributed by atoms with Crippen LogP contribution >= 0.6 is 0 Å². The molecule has 1 fully saturated rings. The molecule has 1 aliphatic rings. The van der Waals surface area contributed by atoms with E-state index in [0.29, 0.717) is 41.8 Å². The number of hydrogen-bond donors (Lipinski definition) is 2. The van der Waals surface area contributed by atoms with Crippen molar-refractivity contribution in [1.82, 2.24) is 14.9 Å². The Morgan fingerprint density at radius 1 is 1.12 bits per heavy atom. The van der Waals surface area contributed by atoms with Gasteiger partial charge in [0, 0.05) is 31.4 Å². The van der Waals surface area contributed by atoms with Gasteiger partial charge in [0.2, 0.25) is 0 Å². The lowest BCUT2D eigenvalue weighted by Crippen LogP contribution is -2.39. The molecule has 7 nitrogen and oxygen atoms in total. The normalized spacial score (nSPS) is 13.5. The molecule has 3 aromatic rings. The second-order valence-corrected chi connectivity index (χ2v) is 8.09. The number of anilines is 1. The van der Waals surface area contributed by atoms with Gasteiger partial charge >= 0.3 is 0 Å². The standard InChI is InChI=1S/C27H27N5O2/c1-2-6-25(33)32-15-13-20(14-16-32)17-30-27-24(18-29-19-31-27)26(28)21-9-11-23(12-10-21)34-22-7-4-3-5-8-22/h3-5,7-12,18-20,28H,13-17H2,1H3,(H,29,30,31). The van der Waals surface area contributed by atoms with Crippen molar-refractivity contribution in [2.24, 2.45) is 5.92 Å². The molecule has 0 radical (unpaired) electrons. The summed E-state index contributed by atoms with van der Waals surface area (Å²) in [5, 5.41) is 12.1. The summed E-state index contributed by atoms with van der Waals surface area (Å²) in [6.07, 6.45) is 4.97. The van der Waals surface area contributed by atoms with Crippen molar-refractivity contribution >= 4 is 17.4 Å². The molecule has 0 spiro atoms. The molecule has 0 unspecified atom stereocenters. The van der Waals surface area contributed by atoms with E-state index in [1.165, 1.54) is 6.33 Å². The molecule has 0 bridgehead atoms. The van der Waals surface area contributed by atoms with Crippen molar-refractivity contribution in [3.8, 4) is 23.3 Å². The van der Waals surface area contributed by atoms with Crippen LogP contribution in [-0.2, 0) is 4.79 Å². The first-order valence-electron chi connectivity index (χ1n) is 11.3. The number of nitrogens with zero attached hydrogens (tertiary/aromatic N) is 3. The molecule has 0 atom stereocenters. The zero-order valence-electron chi connectivity index (χ0n) is 19.1. The van der Waals surface area contributed by atoms with E-state index < -0.39 is 0 Å². The van der Waals surface area contributed by atoms with Gasteiger partial charge in [-0.15, -0.1) is 0 Å². The third kappa shape index (κ3) is 5.78. The molecule has 1 amide bonds. The lowest BCUT2D eigenvalue weighted by molar-refractivity contribution is -0.126. The maximum atomic E-state index is 11.9. The molecule has 2 N–H and O–H groups in total. The van der Waals surface area contributed by atoms with E-state index in [0.717, 1.165) is 30.7 Å². The average molecular weight is 454 g/mol. The Morgan fingerprint density at radius 2 is 1.82 bits per heavy atom. The Bertz CT molecular complexity index is 1190. The molecule has 1 saturated heterocycles. The first-order chi connectivity index (χ1) is 16.6. The van der Waals surface area contributed by atoms with Crippen molar-refractivity contribution in [1.29, 1.82) is 5.41 Å². The SMILES string of the molecule is CC#CC(=O)N1CCC(CNc2ncncc2C(=N)c2ccc(Oc3ccccc3)cc2)CC1. The van der Waals surface area contributed by atoms with Crippen LogP contribution in [0, 0.1) is 23.2 Å². The Morgan fingerprint density at radius 3 is 2.53 bits per heavy atom. The molecule has 1 aliphatic heterocycles. The molecular weight excluding hydrogens is 426 g/mol. The fraction of sp³-hybridized carbons (Fsp3) is 0.259. The zero-order chi connectivity index (χ0) is 23.8. The van der Waals surface area contributed by atoms with Gasteiger partial charge in [-0.2, -0.15) is 0 Å². The van der Waals surface area contributed by atoms with Crippen molar-refractivity contribution in [2.75, 3.05) is 25.0 Å². The van der Waals surface area contributed by atoms with Crippen molar-refractivity contribution < 1.29 is 9.53 Å². The maximum absolute atomic E-state index is 11.9. The molecule has 4 rings (SSSR count). The number of ether oxygens (including phenoxy) is 1. The molecule has 7 heteroatoms. The Hall–Kier alpha value is -4.18. The summed E-state index contributed by atoms with van der Waals surface area (Å²) in [7, 11) is 0. The maximum Gasteiger partial charge on any atom is 0.298 e. The van der Waals surface area contributed by atoms with Crippen LogP contribution in [0.5, 0.6) is 11.5 Å². The smallest absolute Gasteiger partial charge is 0.298 e. The van der Waals surface area contributed by atoms with Gasteiger partial charge in [-0.05, 0) is 68.0 Å². The molecule has 2 heterocycles. The summed E-state index contributed by atoms with van der Waals surface area (Å²) in [5.41, 5.74) is 1.74. The van der Waals surface area contributed by atoms with E-state index in [-0.39, 0.29) is 5.91 Å². The van der Waals surface area contributed by atoms with E-state index >= 15 is 0 Å². The molecule has 2 aromatic carbocycles. The first-order valence-corrected chi connectivity index (χ1v) is 11.3. The summed E-state index contributed by atoms with van der Waals surface area (Å²) < 4.78 is 5.84. The fourth-order valence-electron chi connectivity index (χ4n) is 3.89. The topological polar surface area (TPSA) is 91.2 Å². The van der Waals surface area contributed by atoms with Gasteiger partial charge in [0.25, 0.3) is 5.91 Å². The van der Waals surface area contributed by atoms with E-state index in [1.54, 1.807) is 13.1 Å². The zero-order valence-corrected chi connectivity index (χ0v) is 19.1. The number of hydrogen-bond acceptors (Lipinski definition) is 6. The Balaban J connectivity index is 1.37. The minimum Gasteiger partial charge on any atom is -0.457 e. The first kappa shape index (κ1) is 23.0. The molecule has 34 heavy (non-hydrogen) atoms. The van der Waals surface area contributed by atoms with Crippen LogP contribution in [0.1, 0.15) is 30.9 Å². The Labute approximate surface area is 199 Å². The predicted octanol–water partition coefficient (Wildman–Crippen LogP) is 4.36. The summed E-state index contributed by atoms with van der Waals surface area (Å²) >= 11 is 0. The van der Waals surface area contributed by atoms with E-state index in [4.69, 9.17) is 10.1 Å². The summed E-state index contributed by atoms with van der Waals surface area (Å²) in [6.45, 7) is 3.83. The van der Waals surface area contributed by atoms with Crippen LogP contribution < -0.4 is 10.1 Å². The molecule has 0 saturated carbocycles. The van der Waals surface area contributed by atoms with Crippen molar-refractivity contribution in [3.05, 3.63) is 78.2 Å². The van der Waals surface area contributed by atoms with Gasteiger partial charge < -0.3 is 15.0 Å². The lowest BCUT2D eigenvalue weighted by atomic mass is 9.96. The minimum absolute atomic E-state index is 0.0966. The number of carbonyl (C=O) groups is 1. The Kier molecular flexibility index (Phi) is 7.51. The summed E-state index contributed by atoms with van der Waals surface area (Å²) in [4.78, 5) is 22.3. The monoisotopic (exact) mass is 453 g/mol. The van der Waals surface area contributed by atoms with E-state index in [2.05, 4.69) is 27.1 Å². The van der Waals surface area contributed by atoms with Crippen LogP contribution in [0.15, 0.2) is 67.1 Å². The molecule has 172 valence electrons. The third-order valence-electron chi connectivity index (χ3n) is 5.80. The quantitative estimate of drug-likeness (QED) is 0.410. The predicted molar refractivity (Wildman–Crippen MR) is 132 cm³/mol. The highest BCUT2D eigenvalue weighted by atomic mass is 16.5. The van der Waals surface area contributed by atoms with Crippen LogP contribution in [0.2, 0.25) is 0 Å². The number of aromatic nitrogens is 2. The summed E-state index contributed by atoms with van der Waals surface area (Å²) in [6, 6.07) is 17.0.